The van der Waals surface area contributed by atoms with Gasteiger partial charge in [-0.15, -0.1) is 0 Å². The number of nitrogen functional groups attached to an aromatic ring is 2. The summed E-state index contributed by atoms with van der Waals surface area (Å²) in [6.45, 7) is -2.07. The number of rotatable bonds is 16. The molecule has 6 heterocycles. The van der Waals surface area contributed by atoms with E-state index in [1.807, 2.05) is 0 Å². The van der Waals surface area contributed by atoms with Crippen molar-refractivity contribution in [3.63, 3.8) is 0 Å². The number of nitrogens with two attached hydrogens (primary N) is 2. The Morgan fingerprint density at radius 3 is 1.54 bits per heavy atom. The Morgan fingerprint density at radius 1 is 0.667 bits per heavy atom. The maximum Gasteiger partial charge on any atom is 0.488 e. The van der Waals surface area contributed by atoms with Crippen LogP contribution in [0.1, 0.15) is 12.5 Å². The first kappa shape index (κ1) is 44.3. The Kier molecular flexibility index (Phi) is 13.0. The number of aliphatic hydroxyl groups is 4. The quantitative estimate of drug-likeness (QED) is 0.0370. The number of thioether (sulfide) groups is 2. The van der Waals surface area contributed by atoms with E-state index in [1.54, 1.807) is 12.5 Å². The molecule has 4 aromatic heterocycles. The minimum Gasteiger partial charge on any atom is -0.387 e. The van der Waals surface area contributed by atoms with Crippen LogP contribution in [-0.2, 0) is 45.4 Å². The van der Waals surface area contributed by atoms with Gasteiger partial charge in [-0.25, -0.2) is 43.3 Å². The third-order valence-electron chi connectivity index (χ3n) is 8.08. The summed E-state index contributed by atoms with van der Waals surface area (Å²) >= 11 is 2.30. The molecular weight excluding hydrogens is 892 g/mol. The molecule has 2 saturated heterocycles. The highest BCUT2D eigenvalue weighted by Crippen LogP contribution is 2.70. The Hall–Kier alpha value is -2.24. The molecule has 4 aromatic rings. The zero-order valence-corrected chi connectivity index (χ0v) is 34.1. The highest BCUT2D eigenvalue weighted by atomic mass is 32.2. The van der Waals surface area contributed by atoms with Gasteiger partial charge in [0.2, 0.25) is 0 Å². The highest BCUT2D eigenvalue weighted by molar-refractivity contribution is 7.98. The second-order valence-corrected chi connectivity index (χ2v) is 21.0. The molecule has 4 unspecified atom stereocenters. The smallest absolute Gasteiger partial charge is 0.387 e. The van der Waals surface area contributed by atoms with E-state index in [2.05, 4.69) is 43.0 Å². The molecule has 0 radical (unpaired) electrons. The molecule has 316 valence electrons. The number of aliphatic hydroxyl groups excluding tert-OH is 4. The lowest BCUT2D eigenvalue weighted by Crippen LogP contribution is -2.33. The van der Waals surface area contributed by atoms with E-state index in [0.29, 0.717) is 0 Å². The largest absolute Gasteiger partial charge is 0.488 e. The number of aromatic nitrogens is 8. The van der Waals surface area contributed by atoms with E-state index < -0.39 is 99.0 Å². The van der Waals surface area contributed by atoms with Gasteiger partial charge in [-0.2, -0.15) is 4.31 Å². The summed E-state index contributed by atoms with van der Waals surface area (Å²) in [5.74, 6) is -1.87. The van der Waals surface area contributed by atoms with Gasteiger partial charge < -0.3 is 65.5 Å². The van der Waals surface area contributed by atoms with Gasteiger partial charge in [0.1, 0.15) is 47.7 Å². The number of hydrogen-bond donors (Lipinski definition) is 10. The molecule has 2 aliphatic heterocycles. The average Bonchev–Trinajstić information content (AvgIpc) is 3.86. The third-order valence-corrected chi connectivity index (χ3v) is 16.6. The Balaban J connectivity index is 1.02. The van der Waals surface area contributed by atoms with Crippen molar-refractivity contribution in [1.82, 2.24) is 39.0 Å². The molecule has 28 nitrogen and oxygen atoms in total. The summed E-state index contributed by atoms with van der Waals surface area (Å²) < 4.78 is 81.5. The van der Waals surface area contributed by atoms with Crippen molar-refractivity contribution in [3.8, 4) is 0 Å². The van der Waals surface area contributed by atoms with Gasteiger partial charge in [-0.3, -0.25) is 22.8 Å². The SMILES string of the molecule is CSc1nc(N)c2ncn([C@@H]3O[C@H](COP(=O)(O)CP(=O)(O)OP(=O)(O)OP(=O)(O)OC[C@@H]4O[C@H](n5cnc6c(N)nc(SC)nc65)[C@@H](O)[C@H]4O)[C@@H](O)[C@H]3O)c2n1. The predicted octanol–water partition coefficient (Wildman–Crippen LogP) is -0.892. The van der Waals surface area contributed by atoms with Gasteiger partial charge in [0.25, 0.3) is 0 Å². The zero-order valence-electron chi connectivity index (χ0n) is 28.9. The topological polar surface area (TPSA) is 425 Å². The fourth-order valence-corrected chi connectivity index (χ4v) is 12.7. The molecule has 6 rings (SSSR count). The Labute approximate surface area is 327 Å². The lowest BCUT2D eigenvalue weighted by Gasteiger charge is -2.22. The van der Waals surface area contributed by atoms with Crippen LogP contribution in [0.3, 0.4) is 0 Å². The fourth-order valence-electron chi connectivity index (χ4n) is 5.56. The van der Waals surface area contributed by atoms with Crippen LogP contribution in [0.4, 0.5) is 11.6 Å². The van der Waals surface area contributed by atoms with E-state index in [9.17, 15) is 58.3 Å². The molecule has 0 aliphatic carbocycles. The molecule has 0 aromatic carbocycles. The number of phosphoric acid groups is 2. The van der Waals surface area contributed by atoms with Crippen molar-refractivity contribution in [1.29, 1.82) is 0 Å². The summed E-state index contributed by atoms with van der Waals surface area (Å²) in [7, 11) is -22.8. The fraction of sp³-hybridized carbons (Fsp3) is 0.565. The van der Waals surface area contributed by atoms with E-state index in [0.717, 1.165) is 23.5 Å². The first-order valence-electron chi connectivity index (χ1n) is 15.7. The summed E-state index contributed by atoms with van der Waals surface area (Å²) in [5, 5.41) is 42.9. The number of ether oxygens (including phenoxy) is 2. The first-order valence-corrected chi connectivity index (χ1v) is 24.6. The second kappa shape index (κ2) is 16.7. The van der Waals surface area contributed by atoms with Crippen LogP contribution in [-0.4, -0.2) is 147 Å². The number of hydrogen-bond acceptors (Lipinski definition) is 24. The number of nitrogens with zero attached hydrogens (tertiary/aromatic N) is 8. The molecule has 0 amide bonds. The Morgan fingerprint density at radius 2 is 1.11 bits per heavy atom. The summed E-state index contributed by atoms with van der Waals surface area (Å²) in [4.78, 5) is 65.2. The number of imidazole rings is 2. The van der Waals surface area contributed by atoms with Crippen LogP contribution < -0.4 is 11.5 Å². The molecule has 0 spiro atoms. The van der Waals surface area contributed by atoms with Crippen LogP contribution in [0.5, 0.6) is 0 Å². The number of anilines is 2. The van der Waals surface area contributed by atoms with Crippen molar-refractivity contribution >= 4 is 88.3 Å². The van der Waals surface area contributed by atoms with E-state index >= 15 is 0 Å². The van der Waals surface area contributed by atoms with Gasteiger partial charge >= 0.3 is 30.8 Å². The normalized spacial score (nSPS) is 29.6. The maximum atomic E-state index is 12.7. The van der Waals surface area contributed by atoms with Crippen LogP contribution in [0.15, 0.2) is 23.0 Å². The van der Waals surface area contributed by atoms with Gasteiger partial charge in [-0.1, -0.05) is 23.5 Å². The molecule has 57 heavy (non-hydrogen) atoms. The van der Waals surface area contributed by atoms with Gasteiger partial charge in [0.15, 0.2) is 51.6 Å². The zero-order chi connectivity index (χ0) is 41.8. The number of fused-ring (bicyclic) bond motifs is 2. The summed E-state index contributed by atoms with van der Waals surface area (Å²) in [6, 6.07) is 0. The van der Waals surface area contributed by atoms with Crippen molar-refractivity contribution in [2.24, 2.45) is 0 Å². The first-order chi connectivity index (χ1) is 26.5. The average molecular weight is 927 g/mol. The molecule has 0 bridgehead atoms. The van der Waals surface area contributed by atoms with Crippen LogP contribution in [0, 0.1) is 0 Å². The van der Waals surface area contributed by atoms with Gasteiger partial charge in [-0.05, 0) is 12.5 Å². The second-order valence-electron chi connectivity index (χ2n) is 12.0. The molecule has 0 saturated carbocycles. The van der Waals surface area contributed by atoms with Crippen molar-refractivity contribution in [3.05, 3.63) is 12.7 Å². The van der Waals surface area contributed by atoms with Gasteiger partial charge in [0.05, 0.1) is 25.9 Å². The molecule has 12 atom stereocenters. The van der Waals surface area contributed by atoms with Gasteiger partial charge in [0, 0.05) is 0 Å². The summed E-state index contributed by atoms with van der Waals surface area (Å²) in [5.41, 5.74) is 12.3. The third kappa shape index (κ3) is 9.71. The van der Waals surface area contributed by atoms with E-state index in [1.165, 1.54) is 21.8 Å². The molecule has 34 heteroatoms. The van der Waals surface area contributed by atoms with Crippen molar-refractivity contribution in [2.45, 2.75) is 59.4 Å². The molecule has 2 fully saturated rings. The standard InChI is InChI=1S/C23H34N10O18P4S2/c1-56-22-28-16(24)10-18(30-22)32(5-26-10)20-14(36)12(34)8(48-20)3-46-52(38,39)7-53(40,41)50-55(44,45)51-54(42,43)47-4-9-13(35)15(37)21(49-9)33-6-27-11-17(25)29-23(57-2)31-19(11)33/h5-6,8-9,12-15,20-21,34-37H,3-4,7H2,1-2H3,(H,38,39)(H,40,41)(H,42,43)(H,44,45)(H2,24,28,30)(H2,25,29,31)/t8-,9+,12-,13+,14-,15+,20-,21+/m1/s1. The maximum absolute atomic E-state index is 12.7. The lowest BCUT2D eigenvalue weighted by atomic mass is 10.1. The highest BCUT2D eigenvalue weighted by Gasteiger charge is 2.49. The van der Waals surface area contributed by atoms with Crippen molar-refractivity contribution in [2.75, 3.05) is 43.1 Å². The Bertz CT molecular complexity index is 2190. The van der Waals surface area contributed by atoms with Crippen LogP contribution in [0.25, 0.3) is 22.3 Å². The molecule has 12 N–H and O–H groups in total. The minimum absolute atomic E-state index is 0.00779. The van der Waals surface area contributed by atoms with E-state index in [-0.39, 0.29) is 44.3 Å². The van der Waals surface area contributed by atoms with Crippen LogP contribution in [0.2, 0.25) is 0 Å². The monoisotopic (exact) mass is 926 g/mol. The van der Waals surface area contributed by atoms with E-state index in [4.69, 9.17) is 25.5 Å². The summed E-state index contributed by atoms with van der Waals surface area (Å²) in [6.07, 6.45) is -7.13. The molecule has 2 aliphatic rings. The molecular formula is C23H34N10O18P4S2. The van der Waals surface area contributed by atoms with Crippen LogP contribution >= 0.6 is 54.4 Å². The predicted molar refractivity (Wildman–Crippen MR) is 193 cm³/mol. The van der Waals surface area contributed by atoms with Crippen molar-refractivity contribution < 1.29 is 85.4 Å². The lowest BCUT2D eigenvalue weighted by molar-refractivity contribution is -0.0503. The minimum atomic E-state index is -6.09. The number of phosphoric ester groups is 1.